The van der Waals surface area contributed by atoms with E-state index in [0.717, 1.165) is 24.9 Å². The number of hydrogen-bond donors (Lipinski definition) is 2. The van der Waals surface area contributed by atoms with Gasteiger partial charge >= 0.3 is 0 Å². The molecule has 2 aliphatic rings. The number of halogens is 1. The molecular formula is C18H25FN2O2. The monoisotopic (exact) mass is 320 g/mol. The van der Waals surface area contributed by atoms with Crippen LogP contribution in [0.15, 0.2) is 24.3 Å². The van der Waals surface area contributed by atoms with Gasteiger partial charge in [0.15, 0.2) is 0 Å². The summed E-state index contributed by atoms with van der Waals surface area (Å²) in [6.45, 7) is 4.20. The zero-order valence-corrected chi connectivity index (χ0v) is 13.6. The Bertz CT molecular complexity index is 540. The van der Waals surface area contributed by atoms with Crippen LogP contribution >= 0.6 is 0 Å². The lowest BCUT2D eigenvalue weighted by Gasteiger charge is -2.38. The molecule has 2 aliphatic heterocycles. The minimum atomic E-state index is -0.597. The van der Waals surface area contributed by atoms with E-state index < -0.39 is 5.41 Å². The second-order valence-electron chi connectivity index (χ2n) is 6.75. The number of ether oxygens (including phenoxy) is 1. The molecule has 0 bridgehead atoms. The topological polar surface area (TPSA) is 50.4 Å². The molecule has 0 radical (unpaired) electrons. The standard InChI is InChI=1S/C18H25FN2O2/c1-13-12-16(6-9-20-13)21-17(22)18(7-10-23-11-8-18)14-2-4-15(19)5-3-14/h2-5,13,16,20H,6-12H2,1H3,(H,21,22). The maximum absolute atomic E-state index is 13.3. The SMILES string of the molecule is CC1CC(NC(=O)C2(c3ccc(F)cc3)CCOCC2)CCN1. The van der Waals surface area contributed by atoms with E-state index in [0.29, 0.717) is 32.1 Å². The fourth-order valence-electron chi connectivity index (χ4n) is 3.72. The van der Waals surface area contributed by atoms with Crippen molar-refractivity contribution < 1.29 is 13.9 Å². The van der Waals surface area contributed by atoms with Crippen LogP contribution < -0.4 is 10.6 Å². The third-order valence-electron chi connectivity index (χ3n) is 5.14. The Morgan fingerprint density at radius 2 is 2.00 bits per heavy atom. The second-order valence-corrected chi connectivity index (χ2v) is 6.75. The van der Waals surface area contributed by atoms with Crippen molar-refractivity contribution in [1.82, 2.24) is 10.6 Å². The molecule has 23 heavy (non-hydrogen) atoms. The van der Waals surface area contributed by atoms with Crippen molar-refractivity contribution in [3.63, 3.8) is 0 Å². The van der Waals surface area contributed by atoms with E-state index >= 15 is 0 Å². The molecule has 2 saturated heterocycles. The van der Waals surface area contributed by atoms with E-state index in [-0.39, 0.29) is 17.8 Å². The minimum Gasteiger partial charge on any atom is -0.381 e. The second kappa shape index (κ2) is 6.97. The van der Waals surface area contributed by atoms with Crippen molar-refractivity contribution in [2.45, 2.75) is 50.1 Å². The first-order chi connectivity index (χ1) is 11.1. The van der Waals surface area contributed by atoms with E-state index in [1.54, 1.807) is 12.1 Å². The molecule has 126 valence electrons. The molecule has 0 spiro atoms. The van der Waals surface area contributed by atoms with Gasteiger partial charge in [-0.2, -0.15) is 0 Å². The first kappa shape index (κ1) is 16.4. The Hall–Kier alpha value is -1.46. The Labute approximate surface area is 136 Å². The average Bonchev–Trinajstić information content (AvgIpc) is 2.56. The van der Waals surface area contributed by atoms with Gasteiger partial charge in [-0.1, -0.05) is 12.1 Å². The third-order valence-corrected chi connectivity index (χ3v) is 5.14. The fourth-order valence-corrected chi connectivity index (χ4v) is 3.72. The van der Waals surface area contributed by atoms with E-state index in [1.807, 2.05) is 0 Å². The van der Waals surface area contributed by atoms with Gasteiger partial charge in [0.25, 0.3) is 0 Å². The maximum Gasteiger partial charge on any atom is 0.231 e. The fraction of sp³-hybridized carbons (Fsp3) is 0.611. The van der Waals surface area contributed by atoms with E-state index in [2.05, 4.69) is 17.6 Å². The highest BCUT2D eigenvalue weighted by Gasteiger charge is 2.42. The Morgan fingerprint density at radius 3 is 2.65 bits per heavy atom. The van der Waals surface area contributed by atoms with Gasteiger partial charge in [0, 0.05) is 25.3 Å². The van der Waals surface area contributed by atoms with Crippen molar-refractivity contribution in [2.75, 3.05) is 19.8 Å². The highest BCUT2D eigenvalue weighted by Crippen LogP contribution is 2.35. The van der Waals surface area contributed by atoms with Crippen LogP contribution in [0.1, 0.15) is 38.2 Å². The van der Waals surface area contributed by atoms with Crippen molar-refractivity contribution >= 4 is 5.91 Å². The summed E-state index contributed by atoms with van der Waals surface area (Å²) in [5, 5.41) is 6.64. The molecule has 0 aliphatic carbocycles. The molecule has 2 fully saturated rings. The number of amides is 1. The van der Waals surface area contributed by atoms with Gasteiger partial charge in [0.2, 0.25) is 5.91 Å². The summed E-state index contributed by atoms with van der Waals surface area (Å²) in [6, 6.07) is 6.99. The maximum atomic E-state index is 13.3. The lowest BCUT2D eigenvalue weighted by atomic mass is 9.73. The number of carbonyl (C=O) groups excluding carboxylic acids is 1. The van der Waals surface area contributed by atoms with Gasteiger partial charge in [-0.05, 0) is 56.8 Å². The van der Waals surface area contributed by atoms with Gasteiger partial charge in [0.1, 0.15) is 5.82 Å². The molecule has 2 unspecified atom stereocenters. The quantitative estimate of drug-likeness (QED) is 0.897. The largest absolute Gasteiger partial charge is 0.381 e. The summed E-state index contributed by atoms with van der Waals surface area (Å²) in [5.74, 6) is -0.213. The van der Waals surface area contributed by atoms with Crippen LogP contribution in [0.5, 0.6) is 0 Å². The lowest BCUT2D eigenvalue weighted by molar-refractivity contribution is -0.131. The van der Waals surface area contributed by atoms with Crippen molar-refractivity contribution in [3.05, 3.63) is 35.6 Å². The van der Waals surface area contributed by atoms with E-state index in [1.165, 1.54) is 12.1 Å². The molecular weight excluding hydrogens is 295 g/mol. The number of benzene rings is 1. The summed E-state index contributed by atoms with van der Waals surface area (Å²) >= 11 is 0. The summed E-state index contributed by atoms with van der Waals surface area (Å²) in [5.41, 5.74) is 0.293. The zero-order chi connectivity index (χ0) is 16.3. The molecule has 2 atom stereocenters. The molecule has 1 aromatic rings. The highest BCUT2D eigenvalue weighted by atomic mass is 19.1. The number of rotatable bonds is 3. The Morgan fingerprint density at radius 1 is 1.30 bits per heavy atom. The predicted molar refractivity (Wildman–Crippen MR) is 86.8 cm³/mol. The molecule has 0 saturated carbocycles. The smallest absolute Gasteiger partial charge is 0.231 e. The lowest BCUT2D eigenvalue weighted by Crippen LogP contribution is -2.54. The van der Waals surface area contributed by atoms with Crippen LogP contribution in [0, 0.1) is 5.82 Å². The Kier molecular flexibility index (Phi) is 4.97. The van der Waals surface area contributed by atoms with Crippen LogP contribution in [0.4, 0.5) is 4.39 Å². The normalized spacial score (nSPS) is 27.4. The predicted octanol–water partition coefficient (Wildman–Crippen LogP) is 2.13. The molecule has 5 heteroatoms. The molecule has 3 rings (SSSR count). The number of carbonyl (C=O) groups is 1. The molecule has 4 nitrogen and oxygen atoms in total. The molecule has 1 amide bonds. The first-order valence-corrected chi connectivity index (χ1v) is 8.48. The summed E-state index contributed by atoms with van der Waals surface area (Å²) in [6.07, 6.45) is 3.18. The highest BCUT2D eigenvalue weighted by molar-refractivity contribution is 5.88. The van der Waals surface area contributed by atoms with Gasteiger partial charge in [-0.15, -0.1) is 0 Å². The number of hydrogen-bond acceptors (Lipinski definition) is 3. The minimum absolute atomic E-state index is 0.0616. The van der Waals surface area contributed by atoms with E-state index in [4.69, 9.17) is 4.74 Å². The van der Waals surface area contributed by atoms with Gasteiger partial charge in [-0.25, -0.2) is 4.39 Å². The number of piperidine rings is 1. The molecule has 0 aromatic heterocycles. The van der Waals surface area contributed by atoms with Crippen molar-refractivity contribution in [2.24, 2.45) is 0 Å². The summed E-state index contributed by atoms with van der Waals surface area (Å²) in [4.78, 5) is 13.1. The van der Waals surface area contributed by atoms with Crippen LogP contribution in [0.2, 0.25) is 0 Å². The molecule has 1 aromatic carbocycles. The first-order valence-electron chi connectivity index (χ1n) is 8.48. The zero-order valence-electron chi connectivity index (χ0n) is 13.6. The van der Waals surface area contributed by atoms with E-state index in [9.17, 15) is 9.18 Å². The third kappa shape index (κ3) is 3.56. The van der Waals surface area contributed by atoms with Gasteiger partial charge < -0.3 is 15.4 Å². The average molecular weight is 320 g/mol. The summed E-state index contributed by atoms with van der Waals surface area (Å²) < 4.78 is 18.7. The van der Waals surface area contributed by atoms with Crippen LogP contribution in [0.25, 0.3) is 0 Å². The van der Waals surface area contributed by atoms with Crippen LogP contribution in [-0.2, 0) is 14.9 Å². The number of nitrogens with one attached hydrogen (secondary N) is 2. The van der Waals surface area contributed by atoms with Crippen LogP contribution in [-0.4, -0.2) is 37.7 Å². The van der Waals surface area contributed by atoms with Gasteiger partial charge in [0.05, 0.1) is 5.41 Å². The molecule has 2 N–H and O–H groups in total. The Balaban J connectivity index is 1.80. The molecule has 2 heterocycles. The van der Waals surface area contributed by atoms with Gasteiger partial charge in [-0.3, -0.25) is 4.79 Å². The van der Waals surface area contributed by atoms with Crippen LogP contribution in [0.3, 0.4) is 0 Å². The van der Waals surface area contributed by atoms with Crippen molar-refractivity contribution in [3.8, 4) is 0 Å². The summed E-state index contributed by atoms with van der Waals surface area (Å²) in [7, 11) is 0. The van der Waals surface area contributed by atoms with Crippen molar-refractivity contribution in [1.29, 1.82) is 0 Å².